The van der Waals surface area contributed by atoms with E-state index < -0.39 is 11.5 Å². The van der Waals surface area contributed by atoms with Crippen LogP contribution in [0.5, 0.6) is 5.75 Å². The smallest absolute Gasteiger partial charge is 0.257 e. The van der Waals surface area contributed by atoms with E-state index in [-0.39, 0.29) is 6.54 Å². The van der Waals surface area contributed by atoms with Crippen molar-refractivity contribution in [1.82, 2.24) is 20.5 Å². The Morgan fingerprint density at radius 3 is 2.81 bits per heavy atom. The summed E-state index contributed by atoms with van der Waals surface area (Å²) in [6.07, 6.45) is 1.69. The highest BCUT2D eigenvalue weighted by Crippen LogP contribution is 2.35. The molecule has 32 heavy (non-hydrogen) atoms. The van der Waals surface area contributed by atoms with Crippen LogP contribution in [0.2, 0.25) is 0 Å². The number of aromatic nitrogens is 3. The lowest BCUT2D eigenvalue weighted by Gasteiger charge is -2.22. The van der Waals surface area contributed by atoms with Crippen molar-refractivity contribution in [1.29, 1.82) is 5.26 Å². The molecule has 4 rings (SSSR count). The van der Waals surface area contributed by atoms with Gasteiger partial charge in [-0.3, -0.25) is 9.89 Å². The van der Waals surface area contributed by atoms with Gasteiger partial charge in [-0.1, -0.05) is 30.3 Å². The predicted octanol–water partition coefficient (Wildman–Crippen LogP) is 3.15. The lowest BCUT2D eigenvalue weighted by atomic mass is 9.92. The minimum Gasteiger partial charge on any atom is -0.496 e. The lowest BCUT2D eigenvalue weighted by Crippen LogP contribution is -2.42. The molecule has 8 nitrogen and oxygen atoms in total. The van der Waals surface area contributed by atoms with Crippen LogP contribution in [0.3, 0.4) is 0 Å². The molecule has 1 atom stereocenters. The molecule has 160 valence electrons. The molecule has 4 aromatic rings. The molecule has 3 N–H and O–H groups in total. The number of hydrogen-bond acceptors (Lipinski definition) is 6. The Morgan fingerprint density at radius 1 is 1.22 bits per heavy atom. The Balaban J connectivity index is 1.76. The van der Waals surface area contributed by atoms with Crippen LogP contribution in [-0.4, -0.2) is 39.8 Å². The highest BCUT2D eigenvalue weighted by Gasteiger charge is 2.32. The lowest BCUT2D eigenvalue weighted by molar-refractivity contribution is -0.138. The summed E-state index contributed by atoms with van der Waals surface area (Å²) in [6, 6.07) is 18.5. The molecule has 2 heterocycles. The van der Waals surface area contributed by atoms with Crippen LogP contribution in [0.15, 0.2) is 60.8 Å². The van der Waals surface area contributed by atoms with Crippen molar-refractivity contribution in [2.24, 2.45) is 0 Å². The Labute approximate surface area is 184 Å². The Hall–Kier alpha value is -4.22. The molecule has 0 aliphatic carbocycles. The van der Waals surface area contributed by atoms with Crippen LogP contribution < -0.4 is 10.1 Å². The third-order valence-corrected chi connectivity index (χ3v) is 5.31. The molecule has 2 aromatic heterocycles. The zero-order chi connectivity index (χ0) is 22.7. The number of fused-ring (bicyclic) bond motifs is 1. The van der Waals surface area contributed by atoms with E-state index in [0.717, 1.165) is 27.8 Å². The monoisotopic (exact) mass is 427 g/mol. The van der Waals surface area contributed by atoms with E-state index in [0.29, 0.717) is 17.0 Å². The maximum Gasteiger partial charge on any atom is 0.257 e. The standard InChI is InChI=1S/C24H21N5O3/c1-24(31,23(30)26-11-10-25)17-7-5-6-15(12-17)16-13-19-21(28-29-22(19)27-14-16)18-8-3-4-9-20(18)32-2/h3-9,12-14,31H,11H2,1-2H3,(H,26,30)(H,27,28,29). The van der Waals surface area contributed by atoms with Gasteiger partial charge in [0.2, 0.25) is 0 Å². The van der Waals surface area contributed by atoms with Crippen molar-refractivity contribution in [2.75, 3.05) is 13.7 Å². The van der Waals surface area contributed by atoms with E-state index in [1.165, 1.54) is 6.92 Å². The molecule has 0 saturated carbocycles. The van der Waals surface area contributed by atoms with Crippen LogP contribution in [0.4, 0.5) is 0 Å². The van der Waals surface area contributed by atoms with Crippen LogP contribution >= 0.6 is 0 Å². The van der Waals surface area contributed by atoms with E-state index in [2.05, 4.69) is 20.5 Å². The summed E-state index contributed by atoms with van der Waals surface area (Å²) in [5.74, 6) is 0.0722. The third kappa shape index (κ3) is 3.77. The first-order valence-electron chi connectivity index (χ1n) is 9.91. The quantitative estimate of drug-likeness (QED) is 0.406. The molecule has 0 bridgehead atoms. The average molecular weight is 427 g/mol. The van der Waals surface area contributed by atoms with Gasteiger partial charge in [0.15, 0.2) is 11.2 Å². The predicted molar refractivity (Wildman–Crippen MR) is 120 cm³/mol. The second-order valence-electron chi connectivity index (χ2n) is 7.39. The number of carbonyl (C=O) groups is 1. The summed E-state index contributed by atoms with van der Waals surface area (Å²) < 4.78 is 5.48. The fraction of sp³-hybridized carbons (Fsp3) is 0.167. The third-order valence-electron chi connectivity index (χ3n) is 5.31. The van der Waals surface area contributed by atoms with Gasteiger partial charge in [-0.05, 0) is 42.3 Å². The molecule has 8 heteroatoms. The number of ether oxygens (including phenoxy) is 1. The zero-order valence-corrected chi connectivity index (χ0v) is 17.6. The number of para-hydroxylation sites is 1. The van der Waals surface area contributed by atoms with Crippen LogP contribution in [0.25, 0.3) is 33.4 Å². The van der Waals surface area contributed by atoms with Crippen molar-refractivity contribution < 1.29 is 14.6 Å². The second kappa shape index (κ2) is 8.49. The minimum absolute atomic E-state index is 0.179. The van der Waals surface area contributed by atoms with Gasteiger partial charge in [-0.15, -0.1) is 0 Å². The van der Waals surface area contributed by atoms with E-state index in [1.54, 1.807) is 31.5 Å². The highest BCUT2D eigenvalue weighted by molar-refractivity contribution is 5.95. The summed E-state index contributed by atoms with van der Waals surface area (Å²) in [6.45, 7) is 1.22. The fourth-order valence-corrected chi connectivity index (χ4v) is 3.54. The van der Waals surface area contributed by atoms with Crippen molar-refractivity contribution >= 4 is 16.9 Å². The topological polar surface area (TPSA) is 124 Å². The van der Waals surface area contributed by atoms with Crippen LogP contribution in [0.1, 0.15) is 12.5 Å². The largest absolute Gasteiger partial charge is 0.496 e. The van der Waals surface area contributed by atoms with Crippen LogP contribution in [-0.2, 0) is 10.4 Å². The van der Waals surface area contributed by atoms with Gasteiger partial charge in [-0.25, -0.2) is 4.98 Å². The van der Waals surface area contributed by atoms with E-state index in [4.69, 9.17) is 10.00 Å². The summed E-state index contributed by atoms with van der Waals surface area (Å²) >= 11 is 0. The molecule has 2 aromatic carbocycles. The Kier molecular flexibility index (Phi) is 5.58. The highest BCUT2D eigenvalue weighted by atomic mass is 16.5. The number of rotatable bonds is 6. The second-order valence-corrected chi connectivity index (χ2v) is 7.39. The molecule has 0 saturated heterocycles. The van der Waals surface area contributed by atoms with Gasteiger partial charge < -0.3 is 15.2 Å². The van der Waals surface area contributed by atoms with E-state index in [1.807, 2.05) is 42.5 Å². The number of amides is 1. The number of pyridine rings is 1. The summed E-state index contributed by atoms with van der Waals surface area (Å²) in [5, 5.41) is 30.0. The molecule has 0 radical (unpaired) electrons. The van der Waals surface area contributed by atoms with Crippen LogP contribution in [0, 0.1) is 11.3 Å². The molecular formula is C24H21N5O3. The van der Waals surface area contributed by atoms with Gasteiger partial charge >= 0.3 is 0 Å². The summed E-state index contributed by atoms with van der Waals surface area (Å²) in [7, 11) is 1.62. The van der Waals surface area contributed by atoms with Gasteiger partial charge in [0.05, 0.1) is 18.9 Å². The van der Waals surface area contributed by atoms with E-state index in [9.17, 15) is 9.90 Å². The number of nitrogens with one attached hydrogen (secondary N) is 2. The maximum atomic E-state index is 12.3. The first-order chi connectivity index (χ1) is 15.5. The van der Waals surface area contributed by atoms with Gasteiger partial charge in [0, 0.05) is 22.7 Å². The van der Waals surface area contributed by atoms with Gasteiger partial charge in [0.25, 0.3) is 5.91 Å². The molecule has 1 unspecified atom stereocenters. The first kappa shape index (κ1) is 21.0. The number of aliphatic hydroxyl groups is 1. The average Bonchev–Trinajstić information content (AvgIpc) is 3.25. The molecular weight excluding hydrogens is 406 g/mol. The fourth-order valence-electron chi connectivity index (χ4n) is 3.54. The Bertz CT molecular complexity index is 1340. The number of methoxy groups -OCH3 is 1. The number of aromatic amines is 1. The number of H-pyrrole nitrogens is 1. The molecule has 0 fully saturated rings. The molecule has 0 aliphatic rings. The maximum absolute atomic E-state index is 12.3. The number of benzene rings is 2. The van der Waals surface area contributed by atoms with E-state index >= 15 is 0 Å². The SMILES string of the molecule is COc1ccccc1-c1[nH]nc2ncc(-c3cccc(C(C)(O)C(=O)NCC#N)c3)cc12. The van der Waals surface area contributed by atoms with Crippen molar-refractivity contribution in [3.63, 3.8) is 0 Å². The normalized spacial score (nSPS) is 12.7. The summed E-state index contributed by atoms with van der Waals surface area (Å²) in [5.41, 5.74) is 2.40. The summed E-state index contributed by atoms with van der Waals surface area (Å²) in [4.78, 5) is 16.8. The van der Waals surface area contributed by atoms with Crippen molar-refractivity contribution in [3.8, 4) is 34.2 Å². The molecule has 0 spiro atoms. The molecule has 1 amide bonds. The van der Waals surface area contributed by atoms with Crippen molar-refractivity contribution in [2.45, 2.75) is 12.5 Å². The number of carbonyl (C=O) groups excluding carboxylic acids is 1. The molecule has 0 aliphatic heterocycles. The Morgan fingerprint density at radius 2 is 2.03 bits per heavy atom. The minimum atomic E-state index is -1.79. The first-order valence-corrected chi connectivity index (χ1v) is 9.91. The van der Waals surface area contributed by atoms with Gasteiger partial charge in [-0.2, -0.15) is 10.4 Å². The van der Waals surface area contributed by atoms with Crippen molar-refractivity contribution in [3.05, 3.63) is 66.4 Å². The zero-order valence-electron chi connectivity index (χ0n) is 17.6. The number of hydrogen-bond donors (Lipinski definition) is 3. The van der Waals surface area contributed by atoms with Gasteiger partial charge in [0.1, 0.15) is 12.3 Å². The number of nitriles is 1. The number of nitrogens with zero attached hydrogens (tertiary/aromatic N) is 3.